The Morgan fingerprint density at radius 2 is 1.80 bits per heavy atom. The number of ether oxygens (including phenoxy) is 2. The van der Waals surface area contributed by atoms with Crippen LogP contribution in [0.1, 0.15) is 40.0 Å². The molecule has 1 aliphatic heterocycles. The second-order valence-electron chi connectivity index (χ2n) is 4.89. The third-order valence-corrected chi connectivity index (χ3v) is 3.31. The van der Waals surface area contributed by atoms with Crippen molar-refractivity contribution >= 4 is 0 Å². The van der Waals surface area contributed by atoms with E-state index < -0.39 is 0 Å². The van der Waals surface area contributed by atoms with Crippen LogP contribution in [0.3, 0.4) is 0 Å². The van der Waals surface area contributed by atoms with Gasteiger partial charge in [0.05, 0.1) is 13.2 Å². The Morgan fingerprint density at radius 3 is 2.27 bits per heavy atom. The van der Waals surface area contributed by atoms with Gasteiger partial charge in [-0.05, 0) is 31.6 Å². The quantitative estimate of drug-likeness (QED) is 0.739. The van der Waals surface area contributed by atoms with Gasteiger partial charge >= 0.3 is 0 Å². The molecular formula is C12H24O3. The number of hydrogen-bond donors (Lipinski definition) is 1. The molecule has 0 unspecified atom stereocenters. The van der Waals surface area contributed by atoms with Gasteiger partial charge in [0.25, 0.3) is 0 Å². The SMILES string of the molecule is CC(C)[C@@H](CCO)CCC1(C)OCCO1. The highest BCUT2D eigenvalue weighted by atomic mass is 16.7. The minimum absolute atomic E-state index is 0.279. The Labute approximate surface area is 92.8 Å². The first kappa shape index (κ1) is 12.9. The van der Waals surface area contributed by atoms with Crippen molar-refractivity contribution in [3.63, 3.8) is 0 Å². The maximum absolute atomic E-state index is 8.98. The van der Waals surface area contributed by atoms with E-state index in [1.54, 1.807) is 0 Å². The Balaban J connectivity index is 2.32. The van der Waals surface area contributed by atoms with E-state index in [2.05, 4.69) is 13.8 Å². The van der Waals surface area contributed by atoms with Crippen LogP contribution in [0.5, 0.6) is 0 Å². The molecule has 90 valence electrons. The van der Waals surface area contributed by atoms with Crippen molar-refractivity contribution in [2.75, 3.05) is 19.8 Å². The second kappa shape index (κ2) is 5.83. The normalized spacial score (nSPS) is 22.2. The molecule has 1 N–H and O–H groups in total. The summed E-state index contributed by atoms with van der Waals surface area (Å²) in [6.07, 6.45) is 2.87. The molecule has 1 heterocycles. The van der Waals surface area contributed by atoms with Gasteiger partial charge in [-0.15, -0.1) is 0 Å². The lowest BCUT2D eigenvalue weighted by molar-refractivity contribution is -0.150. The van der Waals surface area contributed by atoms with Crippen molar-refractivity contribution in [1.29, 1.82) is 0 Å². The summed E-state index contributed by atoms with van der Waals surface area (Å²) in [5.41, 5.74) is 0. The van der Waals surface area contributed by atoms with E-state index in [1.165, 1.54) is 0 Å². The second-order valence-corrected chi connectivity index (χ2v) is 4.89. The zero-order valence-electron chi connectivity index (χ0n) is 10.2. The molecule has 0 aromatic rings. The molecule has 0 bridgehead atoms. The van der Waals surface area contributed by atoms with E-state index in [0.29, 0.717) is 25.0 Å². The van der Waals surface area contributed by atoms with E-state index in [9.17, 15) is 0 Å². The molecule has 1 aliphatic rings. The fraction of sp³-hybridized carbons (Fsp3) is 1.00. The zero-order valence-corrected chi connectivity index (χ0v) is 10.2. The van der Waals surface area contributed by atoms with Gasteiger partial charge in [0.15, 0.2) is 5.79 Å². The fourth-order valence-corrected chi connectivity index (χ4v) is 2.13. The minimum Gasteiger partial charge on any atom is -0.396 e. The minimum atomic E-state index is -0.372. The van der Waals surface area contributed by atoms with Gasteiger partial charge in [-0.1, -0.05) is 13.8 Å². The topological polar surface area (TPSA) is 38.7 Å². The maximum Gasteiger partial charge on any atom is 0.165 e. The number of rotatable bonds is 6. The molecule has 0 aliphatic carbocycles. The monoisotopic (exact) mass is 216 g/mol. The molecule has 0 aromatic carbocycles. The predicted molar refractivity (Wildman–Crippen MR) is 59.6 cm³/mol. The van der Waals surface area contributed by atoms with Gasteiger partial charge in [0.1, 0.15) is 0 Å². The Bertz CT molecular complexity index is 174. The Hall–Kier alpha value is -0.120. The van der Waals surface area contributed by atoms with Crippen LogP contribution >= 0.6 is 0 Å². The molecule has 1 fully saturated rings. The summed E-state index contributed by atoms with van der Waals surface area (Å²) >= 11 is 0. The molecule has 3 heteroatoms. The summed E-state index contributed by atoms with van der Waals surface area (Å²) in [7, 11) is 0. The summed E-state index contributed by atoms with van der Waals surface area (Å²) in [5, 5.41) is 8.98. The van der Waals surface area contributed by atoms with Crippen molar-refractivity contribution in [2.45, 2.75) is 45.8 Å². The van der Waals surface area contributed by atoms with Crippen molar-refractivity contribution < 1.29 is 14.6 Å². The average molecular weight is 216 g/mol. The highest BCUT2D eigenvalue weighted by Crippen LogP contribution is 2.29. The van der Waals surface area contributed by atoms with E-state index in [-0.39, 0.29) is 12.4 Å². The highest BCUT2D eigenvalue weighted by molar-refractivity contribution is 4.72. The summed E-state index contributed by atoms with van der Waals surface area (Å²) in [4.78, 5) is 0. The van der Waals surface area contributed by atoms with Crippen molar-refractivity contribution in [3.05, 3.63) is 0 Å². The van der Waals surface area contributed by atoms with Crippen LogP contribution in [0, 0.1) is 11.8 Å². The molecule has 0 amide bonds. The van der Waals surface area contributed by atoms with Crippen molar-refractivity contribution in [1.82, 2.24) is 0 Å². The van der Waals surface area contributed by atoms with Gasteiger partial charge in [0, 0.05) is 13.0 Å². The van der Waals surface area contributed by atoms with Gasteiger partial charge in [-0.3, -0.25) is 0 Å². The standard InChI is InChI=1S/C12H24O3/c1-10(2)11(5-7-13)4-6-12(3)14-8-9-15-12/h10-11,13H,4-9H2,1-3H3/t11-/m1/s1. The van der Waals surface area contributed by atoms with Crippen LogP contribution < -0.4 is 0 Å². The lowest BCUT2D eigenvalue weighted by Crippen LogP contribution is -2.27. The summed E-state index contributed by atoms with van der Waals surface area (Å²) in [6, 6.07) is 0. The van der Waals surface area contributed by atoms with Crippen LogP contribution in [0.4, 0.5) is 0 Å². The molecule has 0 spiro atoms. The van der Waals surface area contributed by atoms with Crippen LogP contribution in [0.15, 0.2) is 0 Å². The van der Waals surface area contributed by atoms with E-state index >= 15 is 0 Å². The molecule has 3 nitrogen and oxygen atoms in total. The lowest BCUT2D eigenvalue weighted by atomic mass is 9.87. The van der Waals surface area contributed by atoms with E-state index in [1.807, 2.05) is 6.92 Å². The molecule has 1 rings (SSSR count). The maximum atomic E-state index is 8.98. The molecule has 15 heavy (non-hydrogen) atoms. The third kappa shape index (κ3) is 4.09. The molecule has 1 saturated heterocycles. The van der Waals surface area contributed by atoms with Crippen molar-refractivity contribution in [3.8, 4) is 0 Å². The average Bonchev–Trinajstić information content (AvgIpc) is 2.60. The number of aliphatic hydroxyl groups excluding tert-OH is 1. The van der Waals surface area contributed by atoms with Crippen molar-refractivity contribution in [2.24, 2.45) is 11.8 Å². The number of aliphatic hydroxyl groups is 1. The van der Waals surface area contributed by atoms with Gasteiger partial charge in [0.2, 0.25) is 0 Å². The predicted octanol–water partition coefficient (Wildman–Crippen LogP) is 2.18. The van der Waals surface area contributed by atoms with Gasteiger partial charge in [-0.25, -0.2) is 0 Å². The van der Waals surface area contributed by atoms with E-state index in [0.717, 1.165) is 19.3 Å². The molecule has 1 atom stereocenters. The van der Waals surface area contributed by atoms with Crippen LogP contribution in [-0.4, -0.2) is 30.7 Å². The summed E-state index contributed by atoms with van der Waals surface area (Å²) in [6.45, 7) is 8.13. The Kier molecular flexibility index (Phi) is 5.03. The zero-order chi connectivity index (χ0) is 11.3. The largest absolute Gasteiger partial charge is 0.396 e. The fourth-order valence-electron chi connectivity index (χ4n) is 2.13. The summed E-state index contributed by atoms with van der Waals surface area (Å²) < 4.78 is 11.1. The smallest absolute Gasteiger partial charge is 0.165 e. The lowest BCUT2D eigenvalue weighted by Gasteiger charge is -2.26. The van der Waals surface area contributed by atoms with Gasteiger partial charge < -0.3 is 14.6 Å². The van der Waals surface area contributed by atoms with Crippen LogP contribution in [0.2, 0.25) is 0 Å². The molecular weight excluding hydrogens is 192 g/mol. The van der Waals surface area contributed by atoms with Gasteiger partial charge in [-0.2, -0.15) is 0 Å². The van der Waals surface area contributed by atoms with Crippen LogP contribution in [0.25, 0.3) is 0 Å². The molecule has 0 saturated carbocycles. The Morgan fingerprint density at radius 1 is 1.20 bits per heavy atom. The highest BCUT2D eigenvalue weighted by Gasteiger charge is 2.31. The first-order chi connectivity index (χ1) is 7.07. The molecule has 0 radical (unpaired) electrons. The van der Waals surface area contributed by atoms with E-state index in [4.69, 9.17) is 14.6 Å². The van der Waals surface area contributed by atoms with Crippen LogP contribution in [-0.2, 0) is 9.47 Å². The number of hydrogen-bond acceptors (Lipinski definition) is 3. The summed E-state index contributed by atoms with van der Waals surface area (Å²) in [5.74, 6) is 0.810. The first-order valence-corrected chi connectivity index (χ1v) is 5.96. The molecule has 0 aromatic heterocycles. The third-order valence-electron chi connectivity index (χ3n) is 3.31. The first-order valence-electron chi connectivity index (χ1n) is 5.96.